The van der Waals surface area contributed by atoms with Gasteiger partial charge in [-0.3, -0.25) is 0 Å². The Morgan fingerprint density at radius 2 is 2.10 bits per heavy atom. The largest absolute Gasteiger partial charge is 0.467 e. The molecule has 0 radical (unpaired) electrons. The first-order valence-electron chi connectivity index (χ1n) is 7.10. The lowest BCUT2D eigenvalue weighted by Crippen LogP contribution is -2.05. The van der Waals surface area contributed by atoms with E-state index in [-0.39, 0.29) is 13.4 Å². The molecule has 0 unspecified atom stereocenters. The minimum absolute atomic E-state index is 0.124. The van der Waals surface area contributed by atoms with Gasteiger partial charge >= 0.3 is 0 Å². The van der Waals surface area contributed by atoms with Crippen LogP contribution in [0.25, 0.3) is 0 Å². The van der Waals surface area contributed by atoms with E-state index >= 15 is 0 Å². The van der Waals surface area contributed by atoms with Gasteiger partial charge < -0.3 is 14.6 Å². The fourth-order valence-corrected chi connectivity index (χ4v) is 2.09. The van der Waals surface area contributed by atoms with Crippen molar-refractivity contribution in [1.29, 1.82) is 0 Å². The Balaban J connectivity index is 2.90. The molecule has 1 aromatic carbocycles. The summed E-state index contributed by atoms with van der Waals surface area (Å²) in [6, 6.07) is 6.28. The number of methoxy groups -OCH3 is 1. The highest BCUT2D eigenvalue weighted by Crippen LogP contribution is 2.31. The van der Waals surface area contributed by atoms with Crippen molar-refractivity contribution in [3.63, 3.8) is 0 Å². The minimum Gasteiger partial charge on any atom is -0.467 e. The van der Waals surface area contributed by atoms with Crippen LogP contribution in [0.2, 0.25) is 0 Å². The number of aryl methyl sites for hydroxylation is 1. The predicted octanol–water partition coefficient (Wildman–Crippen LogP) is 3.66. The van der Waals surface area contributed by atoms with Gasteiger partial charge in [0, 0.05) is 7.11 Å². The molecule has 0 spiro atoms. The number of ether oxygens (including phenoxy) is 2. The van der Waals surface area contributed by atoms with E-state index in [9.17, 15) is 0 Å². The Labute approximate surface area is 122 Å². The van der Waals surface area contributed by atoms with Gasteiger partial charge in [-0.1, -0.05) is 43.7 Å². The zero-order valence-electron chi connectivity index (χ0n) is 13.0. The first kappa shape index (κ1) is 16.7. The van der Waals surface area contributed by atoms with Crippen LogP contribution in [0.5, 0.6) is 5.75 Å². The second-order valence-corrected chi connectivity index (χ2v) is 5.29. The molecule has 0 fully saturated rings. The van der Waals surface area contributed by atoms with Gasteiger partial charge in [0.05, 0.1) is 6.61 Å². The molecule has 0 aliphatic rings. The number of rotatable bonds is 8. The Kier molecular flexibility index (Phi) is 7.34. The number of benzene rings is 1. The molecule has 0 aliphatic heterocycles. The highest BCUT2D eigenvalue weighted by Gasteiger charge is 2.12. The number of aliphatic hydroxyl groups is 1. The first-order chi connectivity index (χ1) is 9.60. The predicted molar refractivity (Wildman–Crippen MR) is 82.2 cm³/mol. The average Bonchev–Trinajstić information content (AvgIpc) is 2.45. The molecule has 20 heavy (non-hydrogen) atoms. The lowest BCUT2D eigenvalue weighted by Gasteiger charge is -2.17. The van der Waals surface area contributed by atoms with Crippen molar-refractivity contribution >= 4 is 0 Å². The highest BCUT2D eigenvalue weighted by molar-refractivity contribution is 5.43. The molecule has 0 aromatic heterocycles. The summed E-state index contributed by atoms with van der Waals surface area (Å²) in [6.07, 6.45) is 3.87. The molecule has 0 heterocycles. The zero-order chi connectivity index (χ0) is 15.0. The van der Waals surface area contributed by atoms with Crippen molar-refractivity contribution in [3.8, 4) is 5.75 Å². The maximum Gasteiger partial charge on any atom is 0.188 e. The van der Waals surface area contributed by atoms with Crippen LogP contribution in [0.15, 0.2) is 29.8 Å². The van der Waals surface area contributed by atoms with Gasteiger partial charge in [-0.05, 0) is 36.8 Å². The van der Waals surface area contributed by atoms with Crippen LogP contribution >= 0.6 is 0 Å². The van der Waals surface area contributed by atoms with Crippen molar-refractivity contribution in [1.82, 2.24) is 0 Å². The minimum atomic E-state index is 0.124. The van der Waals surface area contributed by atoms with Crippen LogP contribution < -0.4 is 4.74 Å². The average molecular weight is 278 g/mol. The molecule has 0 atom stereocenters. The van der Waals surface area contributed by atoms with E-state index in [0.29, 0.717) is 5.92 Å². The van der Waals surface area contributed by atoms with E-state index in [0.717, 1.165) is 24.2 Å². The maximum absolute atomic E-state index is 9.01. The van der Waals surface area contributed by atoms with Crippen LogP contribution in [0.1, 0.15) is 44.2 Å². The quantitative estimate of drug-likeness (QED) is 0.582. The molecule has 112 valence electrons. The topological polar surface area (TPSA) is 38.7 Å². The molecule has 3 heteroatoms. The van der Waals surface area contributed by atoms with Crippen LogP contribution in [0.4, 0.5) is 0 Å². The van der Waals surface area contributed by atoms with Crippen molar-refractivity contribution in [2.75, 3.05) is 20.5 Å². The van der Waals surface area contributed by atoms with Crippen LogP contribution in [0, 0.1) is 0 Å². The Bertz CT molecular complexity index is 436. The first-order valence-corrected chi connectivity index (χ1v) is 7.10. The molecule has 0 bridgehead atoms. The molecular formula is C17H26O3. The molecule has 1 N–H and O–H groups in total. The van der Waals surface area contributed by atoms with Gasteiger partial charge in [-0.15, -0.1) is 0 Å². The molecule has 1 aromatic rings. The highest BCUT2D eigenvalue weighted by atomic mass is 16.7. The third-order valence-corrected chi connectivity index (χ3v) is 3.23. The van der Waals surface area contributed by atoms with Gasteiger partial charge in [0.2, 0.25) is 0 Å². The van der Waals surface area contributed by atoms with Gasteiger partial charge in [0.25, 0.3) is 0 Å². The molecule has 0 aliphatic carbocycles. The van der Waals surface area contributed by atoms with E-state index in [1.165, 1.54) is 11.1 Å². The van der Waals surface area contributed by atoms with Crippen LogP contribution in [-0.2, 0) is 11.2 Å². The molecule has 0 saturated heterocycles. The zero-order valence-corrected chi connectivity index (χ0v) is 13.0. The van der Waals surface area contributed by atoms with Gasteiger partial charge in [0.1, 0.15) is 5.75 Å². The van der Waals surface area contributed by atoms with Crippen molar-refractivity contribution in [2.24, 2.45) is 0 Å². The van der Waals surface area contributed by atoms with Crippen molar-refractivity contribution in [3.05, 3.63) is 41.0 Å². The van der Waals surface area contributed by atoms with E-state index in [1.54, 1.807) is 7.11 Å². The van der Waals surface area contributed by atoms with E-state index in [1.807, 2.05) is 6.92 Å². The summed E-state index contributed by atoms with van der Waals surface area (Å²) in [5, 5.41) is 9.01. The van der Waals surface area contributed by atoms with E-state index in [2.05, 4.69) is 38.1 Å². The smallest absolute Gasteiger partial charge is 0.188 e. The lowest BCUT2D eigenvalue weighted by molar-refractivity contribution is 0.0495. The summed E-state index contributed by atoms with van der Waals surface area (Å²) in [7, 11) is 1.63. The second kappa shape index (κ2) is 8.77. The standard InChI is InChI=1S/C17H26O3/c1-13(2)16-10-6-9-15(17(16)20-12-19-4)8-5-7-14(3)11-18/h6-7,9-10,13,18H,5,8,11-12H2,1-4H3/b14-7+. The molecule has 1 rings (SSSR count). The SMILES string of the molecule is COCOc1c(CC/C=C(\C)CO)cccc1C(C)C. The number of para-hydroxylation sites is 1. The number of hydrogen-bond donors (Lipinski definition) is 1. The monoisotopic (exact) mass is 278 g/mol. The summed E-state index contributed by atoms with van der Waals surface area (Å²) >= 11 is 0. The summed E-state index contributed by atoms with van der Waals surface area (Å²) in [5.41, 5.74) is 3.40. The third kappa shape index (κ3) is 4.99. The number of hydrogen-bond acceptors (Lipinski definition) is 3. The Morgan fingerprint density at radius 1 is 1.35 bits per heavy atom. The summed E-state index contributed by atoms with van der Waals surface area (Å²) < 4.78 is 10.8. The van der Waals surface area contributed by atoms with E-state index < -0.39 is 0 Å². The van der Waals surface area contributed by atoms with Gasteiger partial charge in [-0.25, -0.2) is 0 Å². The number of aliphatic hydroxyl groups excluding tert-OH is 1. The molecule has 0 amide bonds. The van der Waals surface area contributed by atoms with Crippen molar-refractivity contribution < 1.29 is 14.6 Å². The molecule has 0 saturated carbocycles. The van der Waals surface area contributed by atoms with Crippen LogP contribution in [0.3, 0.4) is 0 Å². The van der Waals surface area contributed by atoms with Crippen molar-refractivity contribution in [2.45, 2.75) is 39.5 Å². The summed E-state index contributed by atoms with van der Waals surface area (Å²) in [4.78, 5) is 0. The van der Waals surface area contributed by atoms with Gasteiger partial charge in [0.15, 0.2) is 6.79 Å². The Hall–Kier alpha value is -1.32. The maximum atomic E-state index is 9.01. The fourth-order valence-electron chi connectivity index (χ4n) is 2.09. The van der Waals surface area contributed by atoms with Gasteiger partial charge in [-0.2, -0.15) is 0 Å². The normalized spacial score (nSPS) is 12.0. The summed E-state index contributed by atoms with van der Waals surface area (Å²) in [5.74, 6) is 1.36. The lowest BCUT2D eigenvalue weighted by atomic mass is 9.97. The molecule has 3 nitrogen and oxygen atoms in total. The van der Waals surface area contributed by atoms with E-state index in [4.69, 9.17) is 14.6 Å². The van der Waals surface area contributed by atoms with Crippen LogP contribution in [-0.4, -0.2) is 25.6 Å². The molecular weight excluding hydrogens is 252 g/mol. The second-order valence-electron chi connectivity index (χ2n) is 5.29. The number of allylic oxidation sites excluding steroid dienone is 1. The Morgan fingerprint density at radius 3 is 2.70 bits per heavy atom. The summed E-state index contributed by atoms with van der Waals surface area (Å²) in [6.45, 7) is 6.65. The third-order valence-electron chi connectivity index (χ3n) is 3.23. The fraction of sp³-hybridized carbons (Fsp3) is 0.529.